The fourth-order valence-electron chi connectivity index (χ4n) is 1.74. The van der Waals surface area contributed by atoms with Gasteiger partial charge >= 0.3 is 5.97 Å². The monoisotopic (exact) mass is 269 g/mol. The molecule has 0 spiro atoms. The molecule has 1 atom stereocenters. The lowest BCUT2D eigenvalue weighted by atomic mass is 9.99. The quantitative estimate of drug-likeness (QED) is 0.815. The minimum absolute atomic E-state index is 0.326. The molecule has 1 amide bonds. The van der Waals surface area contributed by atoms with Crippen LogP contribution in [0.3, 0.4) is 0 Å². The molecule has 0 aliphatic carbocycles. The summed E-state index contributed by atoms with van der Waals surface area (Å²) in [5, 5.41) is 11.4. The van der Waals surface area contributed by atoms with Crippen LogP contribution in [0.2, 0.25) is 0 Å². The largest absolute Gasteiger partial charge is 0.479 e. The van der Waals surface area contributed by atoms with Gasteiger partial charge in [-0.3, -0.25) is 4.79 Å². The third-order valence-corrected chi connectivity index (χ3v) is 3.36. The molecular weight excluding hydrogens is 262 g/mol. The average Bonchev–Trinajstić information content (AvgIpc) is 2.50. The van der Waals surface area contributed by atoms with Crippen LogP contribution in [0.1, 0.15) is 27.5 Å². The van der Waals surface area contributed by atoms with Crippen molar-refractivity contribution in [3.63, 3.8) is 0 Å². The number of halogens is 1. The predicted octanol–water partition coefficient (Wildman–Crippen LogP) is 1.63. The molecule has 2 rings (SSSR count). The molecule has 5 heteroatoms. The highest BCUT2D eigenvalue weighted by molar-refractivity contribution is 9.10. The van der Waals surface area contributed by atoms with Gasteiger partial charge in [-0.1, -0.05) is 15.9 Å². The van der Waals surface area contributed by atoms with Crippen molar-refractivity contribution in [2.75, 3.05) is 0 Å². The Balaban J connectivity index is 2.67. The van der Waals surface area contributed by atoms with Crippen LogP contribution in [0, 0.1) is 6.92 Å². The first kappa shape index (κ1) is 10.2. The number of hydrogen-bond acceptors (Lipinski definition) is 2. The lowest BCUT2D eigenvalue weighted by Crippen LogP contribution is -2.25. The molecule has 0 saturated heterocycles. The van der Waals surface area contributed by atoms with Gasteiger partial charge in [0.05, 0.1) is 0 Å². The average molecular weight is 270 g/mol. The highest BCUT2D eigenvalue weighted by Crippen LogP contribution is 2.32. The minimum atomic E-state index is -1.04. The molecule has 1 aliphatic rings. The summed E-state index contributed by atoms with van der Waals surface area (Å²) >= 11 is 3.31. The minimum Gasteiger partial charge on any atom is -0.479 e. The molecule has 2 N–H and O–H groups in total. The Labute approximate surface area is 94.4 Å². The molecule has 0 fully saturated rings. The number of nitrogens with one attached hydrogen (secondary N) is 1. The van der Waals surface area contributed by atoms with Crippen LogP contribution in [-0.2, 0) is 4.79 Å². The lowest BCUT2D eigenvalue weighted by Gasteiger charge is -2.09. The van der Waals surface area contributed by atoms with Crippen molar-refractivity contribution in [3.05, 3.63) is 33.3 Å². The molecular formula is C10H8BrNO3. The van der Waals surface area contributed by atoms with Gasteiger partial charge in [0.15, 0.2) is 6.04 Å². The van der Waals surface area contributed by atoms with Gasteiger partial charge in [0.2, 0.25) is 0 Å². The second kappa shape index (κ2) is 3.34. The van der Waals surface area contributed by atoms with Crippen LogP contribution >= 0.6 is 15.9 Å². The normalized spacial score (nSPS) is 18.5. The molecule has 1 aromatic rings. The van der Waals surface area contributed by atoms with Crippen molar-refractivity contribution in [2.24, 2.45) is 0 Å². The first-order chi connectivity index (χ1) is 7.02. The highest BCUT2D eigenvalue weighted by atomic mass is 79.9. The Morgan fingerprint density at radius 1 is 1.53 bits per heavy atom. The number of benzene rings is 1. The SMILES string of the molecule is Cc1c(Br)ccc2c1C(C(=O)O)NC2=O. The van der Waals surface area contributed by atoms with E-state index in [0.717, 1.165) is 10.0 Å². The molecule has 1 heterocycles. The molecule has 0 bridgehead atoms. The molecule has 0 radical (unpaired) electrons. The summed E-state index contributed by atoms with van der Waals surface area (Å²) in [6.07, 6.45) is 0. The third-order valence-electron chi connectivity index (χ3n) is 2.50. The van der Waals surface area contributed by atoms with Crippen molar-refractivity contribution in [3.8, 4) is 0 Å². The maximum absolute atomic E-state index is 11.5. The van der Waals surface area contributed by atoms with E-state index < -0.39 is 12.0 Å². The zero-order valence-electron chi connectivity index (χ0n) is 7.87. The number of carboxylic acid groups (broad SMARTS) is 1. The second-order valence-corrected chi connectivity index (χ2v) is 4.23. The summed E-state index contributed by atoms with van der Waals surface area (Å²) in [7, 11) is 0. The van der Waals surface area contributed by atoms with Gasteiger partial charge in [-0.25, -0.2) is 4.79 Å². The molecule has 4 nitrogen and oxygen atoms in total. The number of fused-ring (bicyclic) bond motifs is 1. The van der Waals surface area contributed by atoms with E-state index in [0.29, 0.717) is 11.1 Å². The maximum Gasteiger partial charge on any atom is 0.330 e. The Morgan fingerprint density at radius 2 is 2.20 bits per heavy atom. The molecule has 1 aromatic carbocycles. The van der Waals surface area contributed by atoms with E-state index in [1.807, 2.05) is 0 Å². The zero-order valence-corrected chi connectivity index (χ0v) is 9.46. The van der Waals surface area contributed by atoms with Gasteiger partial charge in [-0.2, -0.15) is 0 Å². The summed E-state index contributed by atoms with van der Waals surface area (Å²) in [5.74, 6) is -1.36. The fourth-order valence-corrected chi connectivity index (χ4v) is 2.08. The number of hydrogen-bond donors (Lipinski definition) is 2. The fraction of sp³-hybridized carbons (Fsp3) is 0.200. The Morgan fingerprint density at radius 3 is 2.80 bits per heavy atom. The Kier molecular flexibility index (Phi) is 2.26. The standard InChI is InChI=1S/C10H8BrNO3/c1-4-6(11)3-2-5-7(4)8(10(14)15)12-9(5)13/h2-3,8H,1H3,(H,12,13)(H,14,15). The van der Waals surface area contributed by atoms with Gasteiger partial charge in [0, 0.05) is 15.6 Å². The van der Waals surface area contributed by atoms with E-state index in [1.165, 1.54) is 0 Å². The second-order valence-electron chi connectivity index (χ2n) is 3.38. The highest BCUT2D eigenvalue weighted by Gasteiger charge is 2.35. The van der Waals surface area contributed by atoms with Gasteiger partial charge in [-0.05, 0) is 24.6 Å². The summed E-state index contributed by atoms with van der Waals surface area (Å²) in [5.41, 5.74) is 1.79. The van der Waals surface area contributed by atoms with Crippen LogP contribution in [0.4, 0.5) is 0 Å². The van der Waals surface area contributed by atoms with Gasteiger partial charge in [0.1, 0.15) is 0 Å². The van der Waals surface area contributed by atoms with Crippen molar-refractivity contribution in [1.29, 1.82) is 0 Å². The van der Waals surface area contributed by atoms with E-state index in [1.54, 1.807) is 19.1 Å². The summed E-state index contributed by atoms with van der Waals surface area (Å²) in [6.45, 7) is 1.79. The van der Waals surface area contributed by atoms with Crippen LogP contribution in [0.15, 0.2) is 16.6 Å². The van der Waals surface area contributed by atoms with Crippen molar-refractivity contribution < 1.29 is 14.7 Å². The van der Waals surface area contributed by atoms with Gasteiger partial charge < -0.3 is 10.4 Å². The number of aliphatic carboxylic acids is 1. The van der Waals surface area contributed by atoms with E-state index in [4.69, 9.17) is 5.11 Å². The van der Waals surface area contributed by atoms with E-state index >= 15 is 0 Å². The topological polar surface area (TPSA) is 66.4 Å². The Hall–Kier alpha value is -1.36. The van der Waals surface area contributed by atoms with E-state index in [9.17, 15) is 9.59 Å². The van der Waals surface area contributed by atoms with Crippen LogP contribution in [0.5, 0.6) is 0 Å². The molecule has 78 valence electrons. The van der Waals surface area contributed by atoms with Crippen LogP contribution in [-0.4, -0.2) is 17.0 Å². The first-order valence-corrected chi connectivity index (χ1v) is 5.14. The number of carbonyl (C=O) groups is 2. The zero-order chi connectivity index (χ0) is 11.2. The van der Waals surface area contributed by atoms with E-state index in [2.05, 4.69) is 21.2 Å². The van der Waals surface area contributed by atoms with Crippen LogP contribution in [0.25, 0.3) is 0 Å². The molecule has 0 aromatic heterocycles. The molecule has 15 heavy (non-hydrogen) atoms. The lowest BCUT2D eigenvalue weighted by molar-refractivity contribution is -0.139. The number of rotatable bonds is 1. The van der Waals surface area contributed by atoms with Crippen molar-refractivity contribution in [2.45, 2.75) is 13.0 Å². The summed E-state index contributed by atoms with van der Waals surface area (Å²) in [6, 6.07) is 2.45. The van der Waals surface area contributed by atoms with E-state index in [-0.39, 0.29) is 5.91 Å². The predicted molar refractivity (Wildman–Crippen MR) is 56.7 cm³/mol. The number of carbonyl (C=O) groups excluding carboxylic acids is 1. The van der Waals surface area contributed by atoms with Crippen molar-refractivity contribution in [1.82, 2.24) is 5.32 Å². The van der Waals surface area contributed by atoms with Crippen LogP contribution < -0.4 is 5.32 Å². The summed E-state index contributed by atoms with van der Waals surface area (Å²) in [4.78, 5) is 22.4. The van der Waals surface area contributed by atoms with Gasteiger partial charge in [-0.15, -0.1) is 0 Å². The molecule has 1 unspecified atom stereocenters. The number of amides is 1. The Bertz CT molecular complexity index is 470. The summed E-state index contributed by atoms with van der Waals surface area (Å²) < 4.78 is 0.809. The first-order valence-electron chi connectivity index (χ1n) is 4.35. The smallest absolute Gasteiger partial charge is 0.330 e. The molecule has 0 saturated carbocycles. The molecule has 1 aliphatic heterocycles. The third kappa shape index (κ3) is 1.43. The number of carboxylic acids is 1. The maximum atomic E-state index is 11.5. The van der Waals surface area contributed by atoms with Gasteiger partial charge in [0.25, 0.3) is 5.91 Å². The van der Waals surface area contributed by atoms with Crippen molar-refractivity contribution >= 4 is 27.8 Å².